The van der Waals surface area contributed by atoms with Crippen molar-refractivity contribution in [3.05, 3.63) is 46.8 Å². The van der Waals surface area contributed by atoms with Crippen LogP contribution in [0, 0.1) is 11.6 Å². The van der Waals surface area contributed by atoms with Crippen LogP contribution in [0.15, 0.2) is 23.3 Å². The lowest BCUT2D eigenvalue weighted by molar-refractivity contribution is -0.129. The van der Waals surface area contributed by atoms with Crippen LogP contribution < -0.4 is 11.1 Å². The van der Waals surface area contributed by atoms with Crippen LogP contribution in [0.25, 0.3) is 5.57 Å². The Kier molecular flexibility index (Phi) is 5.43. The van der Waals surface area contributed by atoms with E-state index in [9.17, 15) is 9.18 Å². The molecule has 0 saturated heterocycles. The molecular weight excluding hydrogens is 366 g/mol. The molecule has 1 amide bonds. The fourth-order valence-electron chi connectivity index (χ4n) is 3.31. The summed E-state index contributed by atoms with van der Waals surface area (Å²) in [6.45, 7) is 2.41. The summed E-state index contributed by atoms with van der Waals surface area (Å²) >= 11 is 0. The summed E-state index contributed by atoms with van der Waals surface area (Å²) in [6, 6.07) is 2.46. The van der Waals surface area contributed by atoms with Gasteiger partial charge in [-0.05, 0) is 12.1 Å². The summed E-state index contributed by atoms with van der Waals surface area (Å²) in [7, 11) is 3.30. The molecule has 1 aromatic carbocycles. The number of halogens is 2. The van der Waals surface area contributed by atoms with Crippen molar-refractivity contribution in [1.82, 2.24) is 14.7 Å². The standard InChI is InChI=1S/C19H22F2N6O/c1-11(28)27-7-6-16-14(10-27)19(25-26(16)3)24-18-15(20)5-4-13(17(18)21)12(8-22)9-23-2/h4-5,8-9H,6-7,10,22H2,1-3H3,(H,24,25). The molecule has 0 radical (unpaired) electrons. The van der Waals surface area contributed by atoms with Gasteiger partial charge in [0.1, 0.15) is 11.5 Å². The number of allylic oxidation sites excluding steroid dienone is 1. The summed E-state index contributed by atoms with van der Waals surface area (Å²) in [5.41, 5.74) is 7.34. The van der Waals surface area contributed by atoms with Gasteiger partial charge in [0.2, 0.25) is 5.91 Å². The Labute approximate surface area is 161 Å². The van der Waals surface area contributed by atoms with Gasteiger partial charge in [-0.2, -0.15) is 5.10 Å². The van der Waals surface area contributed by atoms with E-state index in [1.807, 2.05) is 0 Å². The minimum Gasteiger partial charge on any atom is -0.404 e. The lowest BCUT2D eigenvalue weighted by atomic mass is 10.0. The highest BCUT2D eigenvalue weighted by Gasteiger charge is 2.26. The van der Waals surface area contributed by atoms with Crippen LogP contribution in [0.4, 0.5) is 20.3 Å². The van der Waals surface area contributed by atoms with Gasteiger partial charge >= 0.3 is 0 Å². The first-order valence-electron chi connectivity index (χ1n) is 8.77. The zero-order valence-electron chi connectivity index (χ0n) is 16.0. The smallest absolute Gasteiger partial charge is 0.219 e. The van der Waals surface area contributed by atoms with E-state index in [1.54, 1.807) is 16.6 Å². The number of amides is 1. The van der Waals surface area contributed by atoms with Crippen LogP contribution in [-0.4, -0.2) is 40.4 Å². The SMILES string of the molecule is CN=CC(=CN)c1ccc(F)c(Nc2nn(C)c3c2CN(C(C)=O)CC3)c1F. The van der Waals surface area contributed by atoms with Crippen molar-refractivity contribution < 1.29 is 13.6 Å². The second-order valence-electron chi connectivity index (χ2n) is 6.51. The predicted molar refractivity (Wildman–Crippen MR) is 104 cm³/mol. The minimum atomic E-state index is -0.796. The van der Waals surface area contributed by atoms with Crippen molar-refractivity contribution in [3.63, 3.8) is 0 Å². The molecule has 0 aliphatic carbocycles. The summed E-state index contributed by atoms with van der Waals surface area (Å²) in [5, 5.41) is 7.14. The van der Waals surface area contributed by atoms with Crippen molar-refractivity contribution in [1.29, 1.82) is 0 Å². The predicted octanol–water partition coefficient (Wildman–Crippen LogP) is 2.35. The highest BCUT2D eigenvalue weighted by molar-refractivity contribution is 6.10. The summed E-state index contributed by atoms with van der Waals surface area (Å²) in [6.07, 6.45) is 3.23. The number of aliphatic imine (C=N–C) groups is 1. The first kappa shape index (κ1) is 19.5. The molecule has 0 atom stereocenters. The monoisotopic (exact) mass is 388 g/mol. The molecule has 2 heterocycles. The fourth-order valence-corrected chi connectivity index (χ4v) is 3.31. The Morgan fingerprint density at radius 1 is 1.39 bits per heavy atom. The van der Waals surface area contributed by atoms with Crippen LogP contribution in [0.2, 0.25) is 0 Å². The Morgan fingerprint density at radius 3 is 2.79 bits per heavy atom. The van der Waals surface area contributed by atoms with E-state index in [1.165, 1.54) is 32.5 Å². The van der Waals surface area contributed by atoms with Crippen LogP contribution in [0.1, 0.15) is 23.7 Å². The number of aromatic nitrogens is 2. The number of aryl methyl sites for hydroxylation is 1. The average molecular weight is 388 g/mol. The number of carbonyl (C=O) groups excluding carboxylic acids is 1. The van der Waals surface area contributed by atoms with Crippen LogP contribution in [-0.2, 0) is 24.8 Å². The van der Waals surface area contributed by atoms with E-state index in [0.29, 0.717) is 30.9 Å². The van der Waals surface area contributed by atoms with Gasteiger partial charge in [-0.15, -0.1) is 0 Å². The maximum atomic E-state index is 15.1. The first-order chi connectivity index (χ1) is 13.4. The molecule has 28 heavy (non-hydrogen) atoms. The van der Waals surface area contributed by atoms with Crippen molar-refractivity contribution in [2.24, 2.45) is 17.8 Å². The molecule has 148 valence electrons. The van der Waals surface area contributed by atoms with Gasteiger partial charge in [0.05, 0.1) is 6.54 Å². The quantitative estimate of drug-likeness (QED) is 0.787. The first-order valence-corrected chi connectivity index (χ1v) is 8.77. The van der Waals surface area contributed by atoms with Crippen molar-refractivity contribution in [3.8, 4) is 0 Å². The molecule has 0 spiro atoms. The number of rotatable bonds is 4. The number of nitrogens with zero attached hydrogens (tertiary/aromatic N) is 4. The number of carbonyl (C=O) groups is 1. The third-order valence-corrected chi connectivity index (χ3v) is 4.78. The summed E-state index contributed by atoms with van der Waals surface area (Å²) < 4.78 is 31.2. The van der Waals surface area contributed by atoms with Crippen molar-refractivity contribution in [2.45, 2.75) is 19.9 Å². The number of hydrogen-bond donors (Lipinski definition) is 2. The van der Waals surface area contributed by atoms with E-state index in [4.69, 9.17) is 5.73 Å². The van der Waals surface area contributed by atoms with E-state index < -0.39 is 11.6 Å². The van der Waals surface area contributed by atoms with Gasteiger partial charge in [-0.25, -0.2) is 8.78 Å². The van der Waals surface area contributed by atoms with E-state index in [2.05, 4.69) is 15.4 Å². The second-order valence-corrected chi connectivity index (χ2v) is 6.51. The molecule has 9 heteroatoms. The lowest BCUT2D eigenvalue weighted by Gasteiger charge is -2.26. The highest BCUT2D eigenvalue weighted by atomic mass is 19.1. The molecule has 2 aromatic rings. The third kappa shape index (κ3) is 3.47. The molecule has 7 nitrogen and oxygen atoms in total. The number of anilines is 2. The normalized spacial score (nSPS) is 14.5. The summed E-state index contributed by atoms with van der Waals surface area (Å²) in [4.78, 5) is 17.2. The number of benzene rings is 1. The molecular formula is C19H22F2N6O. The van der Waals surface area contributed by atoms with Crippen molar-refractivity contribution in [2.75, 3.05) is 18.9 Å². The molecule has 3 rings (SSSR count). The van der Waals surface area contributed by atoms with Crippen LogP contribution >= 0.6 is 0 Å². The molecule has 0 unspecified atom stereocenters. The Morgan fingerprint density at radius 2 is 2.14 bits per heavy atom. The molecule has 1 aromatic heterocycles. The van der Waals surface area contributed by atoms with Gasteiger partial charge < -0.3 is 16.0 Å². The zero-order chi connectivity index (χ0) is 20.4. The number of fused-ring (bicyclic) bond motifs is 1. The molecule has 0 saturated carbocycles. The van der Waals surface area contributed by atoms with Crippen molar-refractivity contribution >= 4 is 29.2 Å². The Hall–Kier alpha value is -3.23. The Bertz CT molecular complexity index is 979. The molecule has 3 N–H and O–H groups in total. The van der Waals surface area contributed by atoms with E-state index >= 15 is 4.39 Å². The highest BCUT2D eigenvalue weighted by Crippen LogP contribution is 2.32. The molecule has 0 fully saturated rings. The van der Waals surface area contributed by atoms with Gasteiger partial charge in [0.25, 0.3) is 0 Å². The second kappa shape index (κ2) is 7.79. The number of nitrogens with two attached hydrogens (primary N) is 1. The lowest BCUT2D eigenvalue weighted by Crippen LogP contribution is -2.34. The van der Waals surface area contributed by atoms with Crippen LogP contribution in [0.3, 0.4) is 0 Å². The number of hydrogen-bond acceptors (Lipinski definition) is 5. The van der Waals surface area contributed by atoms with Gasteiger partial charge in [-0.3, -0.25) is 14.5 Å². The van der Waals surface area contributed by atoms with Gasteiger partial charge in [0.15, 0.2) is 11.6 Å². The average Bonchev–Trinajstić information content (AvgIpc) is 2.99. The molecule has 1 aliphatic heterocycles. The van der Waals surface area contributed by atoms with E-state index in [0.717, 1.165) is 17.3 Å². The van der Waals surface area contributed by atoms with Gasteiger partial charge in [-0.1, -0.05) is 0 Å². The minimum absolute atomic E-state index is 0.0589. The third-order valence-electron chi connectivity index (χ3n) is 4.78. The Balaban J connectivity index is 2.03. The van der Waals surface area contributed by atoms with Gasteiger partial charge in [0, 0.05) is 68.8 Å². The fraction of sp³-hybridized carbons (Fsp3) is 0.316. The molecule has 0 bridgehead atoms. The zero-order valence-corrected chi connectivity index (χ0v) is 16.0. The maximum absolute atomic E-state index is 15.1. The number of nitrogens with one attached hydrogen (secondary N) is 1. The summed E-state index contributed by atoms with van der Waals surface area (Å²) in [5.74, 6) is -1.29. The topological polar surface area (TPSA) is 88.5 Å². The largest absolute Gasteiger partial charge is 0.404 e. The molecule has 1 aliphatic rings. The van der Waals surface area contributed by atoms with Crippen LogP contribution in [0.5, 0.6) is 0 Å². The maximum Gasteiger partial charge on any atom is 0.219 e. The van der Waals surface area contributed by atoms with E-state index in [-0.39, 0.29) is 17.2 Å².